The van der Waals surface area contributed by atoms with Crippen LogP contribution in [0.1, 0.15) is 55.6 Å². The molecule has 1 saturated heterocycles. The molecule has 0 bridgehead atoms. The fourth-order valence-electron chi connectivity index (χ4n) is 3.63. The van der Waals surface area contributed by atoms with Gasteiger partial charge in [-0.1, -0.05) is 17.3 Å². The molecule has 6 heteroatoms. The lowest BCUT2D eigenvalue weighted by atomic mass is 10.0. The first kappa shape index (κ1) is 16.5. The van der Waals surface area contributed by atoms with E-state index >= 15 is 0 Å². The van der Waals surface area contributed by atoms with Crippen molar-refractivity contribution in [3.8, 4) is 5.75 Å². The van der Waals surface area contributed by atoms with Crippen LogP contribution in [0, 0.1) is 6.92 Å². The summed E-state index contributed by atoms with van der Waals surface area (Å²) >= 11 is 0. The fourth-order valence-corrected chi connectivity index (χ4v) is 3.63. The van der Waals surface area contributed by atoms with Crippen molar-refractivity contribution in [3.63, 3.8) is 0 Å². The molecule has 2 aromatic rings. The van der Waals surface area contributed by atoms with Crippen molar-refractivity contribution in [2.75, 3.05) is 6.54 Å². The molecule has 6 nitrogen and oxygen atoms in total. The Morgan fingerprint density at radius 2 is 2.16 bits per heavy atom. The summed E-state index contributed by atoms with van der Waals surface area (Å²) in [6, 6.07) is 6.46. The third kappa shape index (κ3) is 3.70. The van der Waals surface area contributed by atoms with E-state index in [4.69, 9.17) is 14.0 Å². The van der Waals surface area contributed by atoms with Crippen molar-refractivity contribution in [1.82, 2.24) is 15.5 Å². The number of fused-ring (bicyclic) bond motifs is 1. The lowest BCUT2D eigenvalue weighted by Crippen LogP contribution is -2.26. The van der Waals surface area contributed by atoms with Gasteiger partial charge in [0.2, 0.25) is 0 Å². The average Bonchev–Trinajstić information content (AvgIpc) is 3.24. The summed E-state index contributed by atoms with van der Waals surface area (Å²) in [5.41, 5.74) is 2.49. The molecule has 1 aromatic carbocycles. The number of nitrogens with zero attached hydrogens (tertiary/aromatic N) is 2. The molecule has 1 fully saturated rings. The van der Waals surface area contributed by atoms with E-state index in [9.17, 15) is 0 Å². The van der Waals surface area contributed by atoms with Crippen molar-refractivity contribution in [2.45, 2.75) is 64.4 Å². The number of hydrogen-bond donors (Lipinski definition) is 1. The van der Waals surface area contributed by atoms with Gasteiger partial charge in [-0.05, 0) is 50.8 Å². The Morgan fingerprint density at radius 1 is 1.28 bits per heavy atom. The fraction of sp³-hybridized carbons (Fsp3) is 0.579. The van der Waals surface area contributed by atoms with Crippen molar-refractivity contribution >= 4 is 0 Å². The lowest BCUT2D eigenvalue weighted by molar-refractivity contribution is 0.0264. The van der Waals surface area contributed by atoms with E-state index in [1.54, 1.807) is 0 Å². The zero-order valence-corrected chi connectivity index (χ0v) is 15.0. The van der Waals surface area contributed by atoms with E-state index < -0.39 is 0 Å². The van der Waals surface area contributed by atoms with Crippen LogP contribution in [0.25, 0.3) is 0 Å². The predicted octanol–water partition coefficient (Wildman–Crippen LogP) is 3.10. The van der Waals surface area contributed by atoms with Gasteiger partial charge in [-0.25, -0.2) is 0 Å². The minimum absolute atomic E-state index is 0.0626. The zero-order chi connectivity index (χ0) is 17.4. The molecule has 0 aliphatic carbocycles. The van der Waals surface area contributed by atoms with Crippen LogP contribution in [0.2, 0.25) is 0 Å². The van der Waals surface area contributed by atoms with Gasteiger partial charge in [-0.3, -0.25) is 0 Å². The maximum atomic E-state index is 6.02. The summed E-state index contributed by atoms with van der Waals surface area (Å²) in [7, 11) is 0. The Balaban J connectivity index is 1.26. The second kappa shape index (κ2) is 6.42. The Morgan fingerprint density at radius 3 is 2.96 bits per heavy atom. The van der Waals surface area contributed by atoms with Gasteiger partial charge in [0.25, 0.3) is 5.89 Å². The van der Waals surface area contributed by atoms with Crippen LogP contribution in [0.5, 0.6) is 5.75 Å². The zero-order valence-electron chi connectivity index (χ0n) is 15.0. The van der Waals surface area contributed by atoms with Crippen LogP contribution in [0.15, 0.2) is 22.7 Å². The molecule has 0 spiro atoms. The number of aromatic nitrogens is 2. The first-order valence-corrected chi connectivity index (χ1v) is 8.96. The molecule has 134 valence electrons. The molecule has 0 unspecified atom stereocenters. The first-order valence-electron chi connectivity index (χ1n) is 8.96. The van der Waals surface area contributed by atoms with Crippen LogP contribution in [-0.4, -0.2) is 28.4 Å². The SMILES string of the molecule is Cc1noc([C@@H]2CC[C@H](CNCc3ccc4c(c3)CC(C)(C)O4)O2)n1. The molecule has 2 aliphatic rings. The molecule has 2 atom stereocenters. The van der Waals surface area contributed by atoms with E-state index in [0.29, 0.717) is 11.7 Å². The minimum atomic E-state index is -0.0891. The number of ether oxygens (including phenoxy) is 2. The lowest BCUT2D eigenvalue weighted by Gasteiger charge is -2.16. The number of nitrogens with one attached hydrogen (secondary N) is 1. The summed E-state index contributed by atoms with van der Waals surface area (Å²) in [6.07, 6.45) is 3.03. The molecule has 1 N–H and O–H groups in total. The summed E-state index contributed by atoms with van der Waals surface area (Å²) < 4.78 is 17.2. The van der Waals surface area contributed by atoms with Gasteiger partial charge in [-0.15, -0.1) is 0 Å². The molecule has 4 rings (SSSR count). The van der Waals surface area contributed by atoms with Crippen LogP contribution in [0.4, 0.5) is 0 Å². The normalized spacial score (nSPS) is 24.3. The average molecular weight is 343 g/mol. The molecule has 2 aliphatic heterocycles. The van der Waals surface area contributed by atoms with Crippen LogP contribution >= 0.6 is 0 Å². The van der Waals surface area contributed by atoms with Gasteiger partial charge in [-0.2, -0.15) is 4.98 Å². The molecule has 3 heterocycles. The van der Waals surface area contributed by atoms with Crippen LogP contribution in [0.3, 0.4) is 0 Å². The minimum Gasteiger partial charge on any atom is -0.487 e. The second-order valence-electron chi connectivity index (χ2n) is 7.62. The topological polar surface area (TPSA) is 69.4 Å². The van der Waals surface area contributed by atoms with Gasteiger partial charge in [0.15, 0.2) is 5.82 Å². The molecule has 0 saturated carbocycles. The molecular weight excluding hydrogens is 318 g/mol. The molecule has 0 amide bonds. The quantitative estimate of drug-likeness (QED) is 0.900. The van der Waals surface area contributed by atoms with Crippen molar-refractivity contribution in [2.24, 2.45) is 0 Å². The molecule has 0 radical (unpaired) electrons. The maximum absolute atomic E-state index is 6.02. The highest BCUT2D eigenvalue weighted by Crippen LogP contribution is 2.35. The number of hydrogen-bond acceptors (Lipinski definition) is 6. The Labute approximate surface area is 147 Å². The number of aryl methyl sites for hydroxylation is 1. The Kier molecular flexibility index (Phi) is 4.25. The number of benzene rings is 1. The largest absolute Gasteiger partial charge is 0.487 e. The van der Waals surface area contributed by atoms with E-state index in [1.807, 2.05) is 6.92 Å². The van der Waals surface area contributed by atoms with Crippen LogP contribution in [-0.2, 0) is 17.7 Å². The first-order chi connectivity index (χ1) is 12.0. The van der Waals surface area contributed by atoms with Gasteiger partial charge in [0.1, 0.15) is 17.5 Å². The van der Waals surface area contributed by atoms with Gasteiger partial charge in [0, 0.05) is 19.5 Å². The van der Waals surface area contributed by atoms with Crippen molar-refractivity contribution in [1.29, 1.82) is 0 Å². The summed E-state index contributed by atoms with van der Waals surface area (Å²) in [6.45, 7) is 7.73. The number of rotatable bonds is 5. The molecular formula is C19H25N3O3. The summed E-state index contributed by atoms with van der Waals surface area (Å²) in [5, 5.41) is 7.34. The smallest absolute Gasteiger partial charge is 0.255 e. The van der Waals surface area contributed by atoms with Crippen molar-refractivity contribution in [3.05, 3.63) is 41.0 Å². The van der Waals surface area contributed by atoms with E-state index in [0.717, 1.165) is 38.1 Å². The molecule has 25 heavy (non-hydrogen) atoms. The van der Waals surface area contributed by atoms with Gasteiger partial charge >= 0.3 is 0 Å². The van der Waals surface area contributed by atoms with Gasteiger partial charge in [0.05, 0.1) is 6.10 Å². The third-order valence-electron chi connectivity index (χ3n) is 4.75. The Hall–Kier alpha value is -1.92. The highest BCUT2D eigenvalue weighted by molar-refractivity contribution is 5.41. The highest BCUT2D eigenvalue weighted by Gasteiger charge is 2.31. The van der Waals surface area contributed by atoms with Gasteiger partial charge < -0.3 is 19.3 Å². The van der Waals surface area contributed by atoms with Crippen molar-refractivity contribution < 1.29 is 14.0 Å². The Bertz CT molecular complexity index is 756. The summed E-state index contributed by atoms with van der Waals surface area (Å²) in [4.78, 5) is 4.26. The van der Waals surface area contributed by atoms with Crippen LogP contribution < -0.4 is 10.1 Å². The maximum Gasteiger partial charge on any atom is 0.255 e. The van der Waals surface area contributed by atoms with E-state index in [1.165, 1.54) is 11.1 Å². The standard InChI is InChI=1S/C19H25N3O3/c1-12-21-18(25-22-12)17-7-5-15(23-17)11-20-10-13-4-6-16-14(8-13)9-19(2,3)24-16/h4,6,8,15,17,20H,5,7,9-11H2,1-3H3/t15-,17+/m1/s1. The second-order valence-corrected chi connectivity index (χ2v) is 7.62. The third-order valence-corrected chi connectivity index (χ3v) is 4.75. The molecule has 1 aromatic heterocycles. The van der Waals surface area contributed by atoms with E-state index in [2.05, 4.69) is 47.5 Å². The monoisotopic (exact) mass is 343 g/mol. The van der Waals surface area contributed by atoms with E-state index in [-0.39, 0.29) is 17.8 Å². The predicted molar refractivity (Wildman–Crippen MR) is 92.4 cm³/mol. The summed E-state index contributed by atoms with van der Waals surface area (Å²) in [5.74, 6) is 2.27. The highest BCUT2D eigenvalue weighted by atomic mass is 16.5.